The van der Waals surface area contributed by atoms with Crippen LogP contribution in [-0.2, 0) is 15.6 Å². The molecule has 0 aromatic heterocycles. The van der Waals surface area contributed by atoms with E-state index in [9.17, 15) is 12.8 Å². The van der Waals surface area contributed by atoms with Gasteiger partial charge in [-0.05, 0) is 43.2 Å². The standard InChI is InChI=1S/C15H16FNO2S/c1-10-3-4-11(2)12(7-10)9-20(18,19)15-6-5-13(16)8-14(15)17/h3-8H,9,17H2,1-2H3. The van der Waals surface area contributed by atoms with E-state index < -0.39 is 15.7 Å². The van der Waals surface area contributed by atoms with E-state index in [1.54, 1.807) is 0 Å². The molecule has 0 aliphatic rings. The van der Waals surface area contributed by atoms with Crippen molar-refractivity contribution >= 4 is 15.5 Å². The topological polar surface area (TPSA) is 60.2 Å². The van der Waals surface area contributed by atoms with Crippen LogP contribution in [0.4, 0.5) is 10.1 Å². The van der Waals surface area contributed by atoms with Crippen molar-refractivity contribution in [2.24, 2.45) is 0 Å². The maximum Gasteiger partial charge on any atom is 0.184 e. The average molecular weight is 293 g/mol. The molecule has 0 saturated carbocycles. The molecule has 0 heterocycles. The Morgan fingerprint density at radius 3 is 2.45 bits per heavy atom. The molecule has 2 rings (SSSR count). The van der Waals surface area contributed by atoms with Crippen molar-refractivity contribution < 1.29 is 12.8 Å². The summed E-state index contributed by atoms with van der Waals surface area (Å²) in [7, 11) is -3.59. The van der Waals surface area contributed by atoms with Gasteiger partial charge in [-0.3, -0.25) is 0 Å². The Kier molecular flexibility index (Phi) is 3.81. The van der Waals surface area contributed by atoms with Crippen LogP contribution in [0.5, 0.6) is 0 Å². The van der Waals surface area contributed by atoms with Crippen molar-refractivity contribution in [3.8, 4) is 0 Å². The summed E-state index contributed by atoms with van der Waals surface area (Å²) in [5.41, 5.74) is 8.18. The number of aryl methyl sites for hydroxylation is 2. The van der Waals surface area contributed by atoms with Crippen LogP contribution in [0.25, 0.3) is 0 Å². The zero-order valence-corrected chi connectivity index (χ0v) is 12.2. The number of hydrogen-bond acceptors (Lipinski definition) is 3. The Labute approximate surface area is 118 Å². The lowest BCUT2D eigenvalue weighted by Gasteiger charge is -2.10. The van der Waals surface area contributed by atoms with E-state index >= 15 is 0 Å². The summed E-state index contributed by atoms with van der Waals surface area (Å²) in [4.78, 5) is -0.0280. The Balaban J connectivity index is 2.43. The minimum Gasteiger partial charge on any atom is -0.398 e. The number of benzene rings is 2. The van der Waals surface area contributed by atoms with Crippen LogP contribution in [0, 0.1) is 19.7 Å². The second kappa shape index (κ2) is 5.25. The van der Waals surface area contributed by atoms with Gasteiger partial charge in [0.25, 0.3) is 0 Å². The van der Waals surface area contributed by atoms with Crippen LogP contribution >= 0.6 is 0 Å². The summed E-state index contributed by atoms with van der Waals surface area (Å²) in [6.07, 6.45) is 0. The lowest BCUT2D eigenvalue weighted by Crippen LogP contribution is -2.09. The highest BCUT2D eigenvalue weighted by Crippen LogP contribution is 2.24. The van der Waals surface area contributed by atoms with Crippen molar-refractivity contribution in [2.45, 2.75) is 24.5 Å². The van der Waals surface area contributed by atoms with Gasteiger partial charge in [0.15, 0.2) is 9.84 Å². The van der Waals surface area contributed by atoms with Crippen LogP contribution in [0.15, 0.2) is 41.3 Å². The zero-order chi connectivity index (χ0) is 14.9. The summed E-state index contributed by atoms with van der Waals surface area (Å²) < 4.78 is 37.8. The molecule has 0 aliphatic carbocycles. The number of nitrogen functional groups attached to an aromatic ring is 1. The molecular weight excluding hydrogens is 277 g/mol. The Morgan fingerprint density at radius 2 is 1.80 bits per heavy atom. The number of rotatable bonds is 3. The third-order valence-electron chi connectivity index (χ3n) is 3.16. The van der Waals surface area contributed by atoms with Crippen molar-refractivity contribution in [1.82, 2.24) is 0 Å². The highest BCUT2D eigenvalue weighted by Gasteiger charge is 2.19. The average Bonchev–Trinajstić information content (AvgIpc) is 2.33. The highest BCUT2D eigenvalue weighted by atomic mass is 32.2. The van der Waals surface area contributed by atoms with E-state index in [1.807, 2.05) is 32.0 Å². The fourth-order valence-electron chi connectivity index (χ4n) is 2.04. The minimum atomic E-state index is -3.59. The minimum absolute atomic E-state index is 0.0280. The van der Waals surface area contributed by atoms with Crippen LogP contribution in [0.3, 0.4) is 0 Å². The first-order valence-corrected chi connectivity index (χ1v) is 7.79. The van der Waals surface area contributed by atoms with E-state index in [4.69, 9.17) is 5.73 Å². The van der Waals surface area contributed by atoms with Gasteiger partial charge >= 0.3 is 0 Å². The molecule has 2 N–H and O–H groups in total. The number of hydrogen-bond donors (Lipinski definition) is 1. The highest BCUT2D eigenvalue weighted by molar-refractivity contribution is 7.90. The first kappa shape index (κ1) is 14.5. The SMILES string of the molecule is Cc1ccc(C)c(CS(=O)(=O)c2ccc(F)cc2N)c1. The van der Waals surface area contributed by atoms with Gasteiger partial charge < -0.3 is 5.73 Å². The molecule has 0 saturated heterocycles. The van der Waals surface area contributed by atoms with E-state index in [2.05, 4.69) is 0 Å². The molecule has 0 fully saturated rings. The third-order valence-corrected chi connectivity index (χ3v) is 4.89. The van der Waals surface area contributed by atoms with E-state index in [1.165, 1.54) is 6.07 Å². The summed E-state index contributed by atoms with van der Waals surface area (Å²) in [5, 5.41) is 0. The van der Waals surface area contributed by atoms with Gasteiger partial charge in [0.2, 0.25) is 0 Å². The Bertz CT molecular complexity index is 754. The summed E-state index contributed by atoms with van der Waals surface area (Å²) >= 11 is 0. The van der Waals surface area contributed by atoms with Crippen LogP contribution in [0.1, 0.15) is 16.7 Å². The molecule has 0 aliphatic heterocycles. The lowest BCUT2D eigenvalue weighted by atomic mass is 10.1. The summed E-state index contributed by atoms with van der Waals surface area (Å²) in [6, 6.07) is 8.99. The molecule has 2 aromatic rings. The van der Waals surface area contributed by atoms with Crippen molar-refractivity contribution in [3.05, 3.63) is 58.9 Å². The van der Waals surface area contributed by atoms with E-state index in [0.717, 1.165) is 28.8 Å². The number of nitrogens with two attached hydrogens (primary N) is 1. The van der Waals surface area contributed by atoms with Crippen molar-refractivity contribution in [3.63, 3.8) is 0 Å². The number of anilines is 1. The first-order chi connectivity index (χ1) is 9.29. The lowest BCUT2D eigenvalue weighted by molar-refractivity contribution is 0.594. The molecule has 0 spiro atoms. The van der Waals surface area contributed by atoms with E-state index in [-0.39, 0.29) is 16.3 Å². The number of sulfone groups is 1. The van der Waals surface area contributed by atoms with Gasteiger partial charge in [0, 0.05) is 0 Å². The zero-order valence-electron chi connectivity index (χ0n) is 11.4. The van der Waals surface area contributed by atoms with Crippen molar-refractivity contribution in [2.75, 3.05) is 5.73 Å². The molecule has 2 aromatic carbocycles. The van der Waals surface area contributed by atoms with Gasteiger partial charge in [-0.15, -0.1) is 0 Å². The summed E-state index contributed by atoms with van der Waals surface area (Å²) in [6.45, 7) is 3.76. The van der Waals surface area contributed by atoms with E-state index in [0.29, 0.717) is 0 Å². The van der Waals surface area contributed by atoms with Crippen LogP contribution in [0.2, 0.25) is 0 Å². The number of halogens is 1. The second-order valence-electron chi connectivity index (χ2n) is 4.87. The largest absolute Gasteiger partial charge is 0.398 e. The molecule has 3 nitrogen and oxygen atoms in total. The van der Waals surface area contributed by atoms with Gasteiger partial charge in [0.05, 0.1) is 16.3 Å². The van der Waals surface area contributed by atoms with Gasteiger partial charge in [-0.25, -0.2) is 12.8 Å². The van der Waals surface area contributed by atoms with Crippen molar-refractivity contribution in [1.29, 1.82) is 0 Å². The van der Waals surface area contributed by atoms with Gasteiger partial charge in [-0.1, -0.05) is 23.8 Å². The molecule has 5 heteroatoms. The fourth-order valence-corrected chi connectivity index (χ4v) is 3.61. The molecule has 0 bridgehead atoms. The molecule has 0 radical (unpaired) electrons. The van der Waals surface area contributed by atoms with Gasteiger partial charge in [-0.2, -0.15) is 0 Å². The maximum absolute atomic E-state index is 13.0. The quantitative estimate of drug-likeness (QED) is 0.699. The normalized spacial score (nSPS) is 11.6. The van der Waals surface area contributed by atoms with Crippen LogP contribution in [-0.4, -0.2) is 8.42 Å². The Morgan fingerprint density at radius 1 is 1.10 bits per heavy atom. The smallest absolute Gasteiger partial charge is 0.184 e. The molecule has 0 amide bonds. The van der Waals surface area contributed by atoms with Crippen LogP contribution < -0.4 is 5.73 Å². The third kappa shape index (κ3) is 2.99. The molecular formula is C15H16FNO2S. The Hall–Kier alpha value is -1.88. The predicted octanol–water partition coefficient (Wildman–Crippen LogP) is 3.00. The molecule has 20 heavy (non-hydrogen) atoms. The molecule has 106 valence electrons. The summed E-state index contributed by atoms with van der Waals surface area (Å²) in [5.74, 6) is -0.690. The fraction of sp³-hybridized carbons (Fsp3) is 0.200. The first-order valence-electron chi connectivity index (χ1n) is 6.13. The molecule has 0 atom stereocenters. The predicted molar refractivity (Wildman–Crippen MR) is 77.6 cm³/mol. The molecule has 0 unspecified atom stereocenters. The maximum atomic E-state index is 13.0. The monoisotopic (exact) mass is 293 g/mol. The van der Waals surface area contributed by atoms with Gasteiger partial charge in [0.1, 0.15) is 5.82 Å². The second-order valence-corrected chi connectivity index (χ2v) is 6.83.